The van der Waals surface area contributed by atoms with Crippen molar-refractivity contribution in [2.75, 3.05) is 13.2 Å². The van der Waals surface area contributed by atoms with Gasteiger partial charge < -0.3 is 5.32 Å². The lowest BCUT2D eigenvalue weighted by Gasteiger charge is -2.12. The van der Waals surface area contributed by atoms with E-state index in [2.05, 4.69) is 10.8 Å². The van der Waals surface area contributed by atoms with E-state index >= 15 is 0 Å². The molecule has 0 saturated heterocycles. The van der Waals surface area contributed by atoms with E-state index in [4.69, 9.17) is 4.84 Å². The summed E-state index contributed by atoms with van der Waals surface area (Å²) in [6, 6.07) is 0.197. The fourth-order valence-electron chi connectivity index (χ4n) is 1.03. The summed E-state index contributed by atoms with van der Waals surface area (Å²) in [6.07, 6.45) is 0.450. The van der Waals surface area contributed by atoms with Crippen LogP contribution in [-0.4, -0.2) is 25.1 Å². The molecule has 14 heavy (non-hydrogen) atoms. The average Bonchev–Trinajstić information content (AvgIpc) is 2.03. The molecule has 0 aliphatic carbocycles. The molecular weight excluding hydrogens is 180 g/mol. The normalized spacial score (nSPS) is 12.9. The highest BCUT2D eigenvalue weighted by Crippen LogP contribution is 1.92. The molecule has 0 aliphatic rings. The van der Waals surface area contributed by atoms with Crippen LogP contribution < -0.4 is 10.8 Å². The van der Waals surface area contributed by atoms with Gasteiger partial charge in [-0.25, -0.2) is 5.48 Å². The van der Waals surface area contributed by atoms with Gasteiger partial charge in [-0.1, -0.05) is 20.8 Å². The van der Waals surface area contributed by atoms with E-state index in [-0.39, 0.29) is 11.9 Å². The fourth-order valence-corrected chi connectivity index (χ4v) is 1.03. The van der Waals surface area contributed by atoms with Crippen LogP contribution in [0.25, 0.3) is 0 Å². The summed E-state index contributed by atoms with van der Waals surface area (Å²) in [7, 11) is 0. The number of carbonyl (C=O) groups excluding carboxylic acids is 1. The molecule has 1 unspecified atom stereocenters. The Hall–Kier alpha value is -0.610. The second-order valence-corrected chi connectivity index (χ2v) is 3.89. The maximum absolute atomic E-state index is 11.2. The summed E-state index contributed by atoms with van der Waals surface area (Å²) in [6.45, 7) is 9.50. The molecule has 0 heterocycles. The molecule has 0 spiro atoms. The molecular formula is C10H22N2O2. The summed E-state index contributed by atoms with van der Waals surface area (Å²) >= 11 is 0. The standard InChI is InChI=1S/C10H22N2O2/c1-5-11-9(4)6-10(13)12-14-7-8(2)3/h8-9,11H,5-7H2,1-4H3,(H,12,13). The van der Waals surface area contributed by atoms with E-state index < -0.39 is 0 Å². The van der Waals surface area contributed by atoms with Crippen LogP contribution in [0.15, 0.2) is 0 Å². The maximum atomic E-state index is 11.2. The van der Waals surface area contributed by atoms with E-state index in [9.17, 15) is 4.79 Å². The van der Waals surface area contributed by atoms with Crippen molar-refractivity contribution in [3.05, 3.63) is 0 Å². The highest BCUT2D eigenvalue weighted by molar-refractivity contribution is 5.75. The van der Waals surface area contributed by atoms with Crippen molar-refractivity contribution in [1.82, 2.24) is 10.8 Å². The Morgan fingerprint density at radius 3 is 2.50 bits per heavy atom. The quantitative estimate of drug-likeness (QED) is 0.607. The lowest BCUT2D eigenvalue weighted by atomic mass is 10.2. The predicted molar refractivity (Wildman–Crippen MR) is 56.7 cm³/mol. The van der Waals surface area contributed by atoms with Gasteiger partial charge in [-0.05, 0) is 19.4 Å². The lowest BCUT2D eigenvalue weighted by Crippen LogP contribution is -2.34. The number of hydroxylamine groups is 1. The first-order chi connectivity index (χ1) is 6.56. The second-order valence-electron chi connectivity index (χ2n) is 3.89. The number of hydrogen-bond donors (Lipinski definition) is 2. The Bertz CT molecular complexity index is 160. The molecule has 2 N–H and O–H groups in total. The molecule has 4 nitrogen and oxygen atoms in total. The predicted octanol–water partition coefficient (Wildman–Crippen LogP) is 1.08. The van der Waals surface area contributed by atoms with Crippen molar-refractivity contribution in [1.29, 1.82) is 0 Å². The number of hydrogen-bond acceptors (Lipinski definition) is 3. The van der Waals surface area contributed by atoms with Gasteiger partial charge in [-0.15, -0.1) is 0 Å². The van der Waals surface area contributed by atoms with Crippen LogP contribution in [0.1, 0.15) is 34.1 Å². The van der Waals surface area contributed by atoms with Crippen molar-refractivity contribution in [3.8, 4) is 0 Å². The molecule has 0 aromatic carbocycles. The number of rotatable bonds is 7. The van der Waals surface area contributed by atoms with E-state index in [1.807, 2.05) is 27.7 Å². The average molecular weight is 202 g/mol. The Labute approximate surface area is 86.4 Å². The van der Waals surface area contributed by atoms with Gasteiger partial charge in [0, 0.05) is 12.5 Å². The van der Waals surface area contributed by atoms with Crippen molar-refractivity contribution in [3.63, 3.8) is 0 Å². The van der Waals surface area contributed by atoms with Crippen LogP contribution in [0, 0.1) is 5.92 Å². The summed E-state index contributed by atoms with van der Waals surface area (Å²) in [5.41, 5.74) is 2.42. The molecule has 0 saturated carbocycles. The number of nitrogens with one attached hydrogen (secondary N) is 2. The fraction of sp³-hybridized carbons (Fsp3) is 0.900. The van der Waals surface area contributed by atoms with E-state index in [0.717, 1.165) is 6.54 Å². The molecule has 0 rings (SSSR count). The molecule has 0 radical (unpaired) electrons. The van der Waals surface area contributed by atoms with Crippen molar-refractivity contribution < 1.29 is 9.63 Å². The Balaban J connectivity index is 3.45. The van der Waals surface area contributed by atoms with Gasteiger partial charge in [0.25, 0.3) is 0 Å². The van der Waals surface area contributed by atoms with Crippen molar-refractivity contribution >= 4 is 5.91 Å². The smallest absolute Gasteiger partial charge is 0.245 e. The largest absolute Gasteiger partial charge is 0.314 e. The van der Waals surface area contributed by atoms with Crippen LogP contribution in [0.4, 0.5) is 0 Å². The van der Waals surface area contributed by atoms with Crippen LogP contribution in [-0.2, 0) is 9.63 Å². The maximum Gasteiger partial charge on any atom is 0.245 e. The monoisotopic (exact) mass is 202 g/mol. The molecule has 4 heteroatoms. The Morgan fingerprint density at radius 2 is 2.00 bits per heavy atom. The first kappa shape index (κ1) is 13.4. The zero-order chi connectivity index (χ0) is 11.0. The Morgan fingerprint density at radius 1 is 1.36 bits per heavy atom. The zero-order valence-corrected chi connectivity index (χ0v) is 9.59. The number of amides is 1. The van der Waals surface area contributed by atoms with Crippen LogP contribution in [0.2, 0.25) is 0 Å². The molecule has 0 bridgehead atoms. The van der Waals surface area contributed by atoms with E-state index in [1.165, 1.54) is 0 Å². The minimum Gasteiger partial charge on any atom is -0.314 e. The summed E-state index contributed by atoms with van der Waals surface area (Å²) < 4.78 is 0. The van der Waals surface area contributed by atoms with Gasteiger partial charge in [-0.3, -0.25) is 9.63 Å². The van der Waals surface area contributed by atoms with Gasteiger partial charge in [0.1, 0.15) is 0 Å². The summed E-state index contributed by atoms with van der Waals surface area (Å²) in [5, 5.41) is 3.16. The van der Waals surface area contributed by atoms with E-state index in [1.54, 1.807) is 0 Å². The second kappa shape index (κ2) is 7.76. The lowest BCUT2D eigenvalue weighted by molar-refractivity contribution is -0.134. The molecule has 0 aliphatic heterocycles. The molecule has 84 valence electrons. The number of carbonyl (C=O) groups is 1. The summed E-state index contributed by atoms with van der Waals surface area (Å²) in [5.74, 6) is 0.362. The van der Waals surface area contributed by atoms with Gasteiger partial charge in [0.15, 0.2) is 0 Å². The highest BCUT2D eigenvalue weighted by atomic mass is 16.6. The first-order valence-electron chi connectivity index (χ1n) is 5.20. The Kier molecular flexibility index (Phi) is 7.42. The minimum absolute atomic E-state index is 0.0703. The topological polar surface area (TPSA) is 50.4 Å². The third kappa shape index (κ3) is 8.01. The SMILES string of the molecule is CCNC(C)CC(=O)NOCC(C)C. The molecule has 0 aromatic heterocycles. The van der Waals surface area contributed by atoms with Crippen LogP contribution >= 0.6 is 0 Å². The molecule has 0 fully saturated rings. The summed E-state index contributed by atoms with van der Waals surface area (Å²) in [4.78, 5) is 16.2. The van der Waals surface area contributed by atoms with E-state index in [0.29, 0.717) is 18.9 Å². The van der Waals surface area contributed by atoms with Gasteiger partial charge in [-0.2, -0.15) is 0 Å². The molecule has 1 atom stereocenters. The molecule has 1 amide bonds. The highest BCUT2D eigenvalue weighted by Gasteiger charge is 2.07. The zero-order valence-electron chi connectivity index (χ0n) is 9.59. The van der Waals surface area contributed by atoms with Gasteiger partial charge >= 0.3 is 0 Å². The third-order valence-electron chi connectivity index (χ3n) is 1.65. The third-order valence-corrected chi connectivity index (χ3v) is 1.65. The van der Waals surface area contributed by atoms with Crippen LogP contribution in [0.3, 0.4) is 0 Å². The van der Waals surface area contributed by atoms with Crippen molar-refractivity contribution in [2.45, 2.75) is 40.2 Å². The van der Waals surface area contributed by atoms with Gasteiger partial charge in [0.05, 0.1) is 6.61 Å². The van der Waals surface area contributed by atoms with Gasteiger partial charge in [0.2, 0.25) is 5.91 Å². The minimum atomic E-state index is -0.0703. The molecule has 0 aromatic rings. The first-order valence-corrected chi connectivity index (χ1v) is 5.20. The van der Waals surface area contributed by atoms with Crippen LogP contribution in [0.5, 0.6) is 0 Å². The van der Waals surface area contributed by atoms with Crippen molar-refractivity contribution in [2.24, 2.45) is 5.92 Å².